The van der Waals surface area contributed by atoms with Crippen LogP contribution in [0.4, 0.5) is 0 Å². The quantitative estimate of drug-likeness (QED) is 0.590. The summed E-state index contributed by atoms with van der Waals surface area (Å²) in [6.45, 7) is 5.44. The Labute approximate surface area is 85.5 Å². The summed E-state index contributed by atoms with van der Waals surface area (Å²) in [4.78, 5) is 21.7. The van der Waals surface area contributed by atoms with Gasteiger partial charge < -0.3 is 9.69 Å². The molecule has 0 aromatic heterocycles. The second-order valence-corrected chi connectivity index (χ2v) is 3.05. The average Bonchev–Trinajstić information content (AvgIpc) is 2.36. The van der Waals surface area contributed by atoms with Gasteiger partial charge in [-0.15, -0.1) is 0 Å². The number of nitriles is 1. The van der Waals surface area contributed by atoms with E-state index in [1.165, 1.54) is 20.8 Å². The van der Waals surface area contributed by atoms with E-state index in [2.05, 4.69) is 0 Å². The summed E-state index contributed by atoms with van der Waals surface area (Å²) < 4.78 is 0. The van der Waals surface area contributed by atoms with Gasteiger partial charge in [0.15, 0.2) is 0 Å². The molecule has 0 N–H and O–H groups in total. The SMILES string of the molecule is CC#N.CC(C)=O.CN1CCCC1=O. The first-order chi connectivity index (χ1) is 6.45. The van der Waals surface area contributed by atoms with E-state index in [0.29, 0.717) is 5.91 Å². The zero-order chi connectivity index (χ0) is 11.6. The summed E-state index contributed by atoms with van der Waals surface area (Å²) in [5, 5.41) is 7.32. The Morgan fingerprint density at radius 1 is 1.50 bits per heavy atom. The van der Waals surface area contributed by atoms with Gasteiger partial charge in [0, 0.05) is 26.9 Å². The minimum atomic E-state index is 0.167. The molecule has 4 nitrogen and oxygen atoms in total. The zero-order valence-electron chi connectivity index (χ0n) is 9.33. The molecule has 0 spiro atoms. The molecule has 0 saturated carbocycles. The van der Waals surface area contributed by atoms with Crippen molar-refractivity contribution >= 4 is 11.7 Å². The highest BCUT2D eigenvalue weighted by Gasteiger charge is 2.14. The van der Waals surface area contributed by atoms with Crippen molar-refractivity contribution in [1.82, 2.24) is 4.90 Å². The van der Waals surface area contributed by atoms with Crippen LogP contribution in [0, 0.1) is 11.3 Å². The summed E-state index contributed by atoms with van der Waals surface area (Å²) >= 11 is 0. The molecule has 1 saturated heterocycles. The molecule has 0 aromatic rings. The highest BCUT2D eigenvalue weighted by atomic mass is 16.2. The summed E-state index contributed by atoms with van der Waals surface area (Å²) in [5.41, 5.74) is 0. The monoisotopic (exact) mass is 198 g/mol. The lowest BCUT2D eigenvalue weighted by atomic mass is 10.4. The number of carbonyl (C=O) groups excluding carboxylic acids is 2. The third-order valence-electron chi connectivity index (χ3n) is 1.31. The average molecular weight is 198 g/mol. The first kappa shape index (κ1) is 15.1. The molecule has 1 fully saturated rings. The molecule has 1 amide bonds. The molecular formula is C10H18N2O2. The van der Waals surface area contributed by atoms with Gasteiger partial charge in [0.1, 0.15) is 5.78 Å². The largest absolute Gasteiger partial charge is 0.346 e. The summed E-state index contributed by atoms with van der Waals surface area (Å²) in [6, 6.07) is 1.75. The van der Waals surface area contributed by atoms with Crippen LogP contribution < -0.4 is 0 Å². The lowest BCUT2D eigenvalue weighted by Crippen LogP contribution is -2.17. The van der Waals surface area contributed by atoms with Gasteiger partial charge in [0.05, 0.1) is 6.07 Å². The Balaban J connectivity index is 0. The van der Waals surface area contributed by atoms with Gasteiger partial charge >= 0.3 is 0 Å². The van der Waals surface area contributed by atoms with Crippen molar-refractivity contribution in [3.63, 3.8) is 0 Å². The highest BCUT2D eigenvalue weighted by molar-refractivity contribution is 5.77. The lowest BCUT2D eigenvalue weighted by Gasteiger charge is -2.03. The number of hydrogen-bond acceptors (Lipinski definition) is 3. The van der Waals surface area contributed by atoms with Gasteiger partial charge in [-0.2, -0.15) is 5.26 Å². The minimum absolute atomic E-state index is 0.167. The van der Waals surface area contributed by atoms with E-state index in [1.54, 1.807) is 11.0 Å². The van der Waals surface area contributed by atoms with E-state index in [1.807, 2.05) is 7.05 Å². The summed E-state index contributed by atoms with van der Waals surface area (Å²) in [7, 11) is 1.84. The molecule has 0 radical (unpaired) electrons. The number of amides is 1. The fourth-order valence-corrected chi connectivity index (χ4v) is 0.783. The van der Waals surface area contributed by atoms with Crippen molar-refractivity contribution in [3.8, 4) is 6.07 Å². The number of Topliss-reactive ketones (excluding diaryl/α,β-unsaturated/α-hetero) is 1. The molecule has 0 unspecified atom stereocenters. The molecule has 1 aliphatic heterocycles. The third kappa shape index (κ3) is 13.2. The van der Waals surface area contributed by atoms with E-state index in [9.17, 15) is 9.59 Å². The van der Waals surface area contributed by atoms with Gasteiger partial charge in [-0.25, -0.2) is 0 Å². The normalized spacial score (nSPS) is 13.1. The first-order valence-corrected chi connectivity index (χ1v) is 4.47. The van der Waals surface area contributed by atoms with E-state index in [4.69, 9.17) is 5.26 Å². The van der Waals surface area contributed by atoms with Crippen LogP contribution in [0.25, 0.3) is 0 Å². The van der Waals surface area contributed by atoms with Crippen LogP contribution in [0.3, 0.4) is 0 Å². The van der Waals surface area contributed by atoms with Crippen molar-refractivity contribution in [3.05, 3.63) is 0 Å². The molecule has 80 valence electrons. The fraction of sp³-hybridized carbons (Fsp3) is 0.700. The number of nitrogens with zero attached hydrogens (tertiary/aromatic N) is 2. The summed E-state index contributed by atoms with van der Waals surface area (Å²) in [6.07, 6.45) is 1.81. The van der Waals surface area contributed by atoms with Gasteiger partial charge in [0.2, 0.25) is 5.91 Å². The smallest absolute Gasteiger partial charge is 0.222 e. The highest BCUT2D eigenvalue weighted by Crippen LogP contribution is 2.04. The molecular weight excluding hydrogens is 180 g/mol. The topological polar surface area (TPSA) is 61.2 Å². The van der Waals surface area contributed by atoms with Gasteiger partial charge in [-0.3, -0.25) is 4.79 Å². The maximum Gasteiger partial charge on any atom is 0.222 e. The molecule has 1 aliphatic rings. The van der Waals surface area contributed by atoms with Crippen molar-refractivity contribution in [2.75, 3.05) is 13.6 Å². The predicted molar refractivity (Wildman–Crippen MR) is 54.5 cm³/mol. The third-order valence-corrected chi connectivity index (χ3v) is 1.31. The van der Waals surface area contributed by atoms with Crippen LogP contribution in [0.5, 0.6) is 0 Å². The second-order valence-electron chi connectivity index (χ2n) is 3.05. The molecule has 0 atom stereocenters. The Morgan fingerprint density at radius 3 is 1.93 bits per heavy atom. The van der Waals surface area contributed by atoms with Gasteiger partial charge in [0.25, 0.3) is 0 Å². The molecule has 4 heteroatoms. The number of hydrogen-bond donors (Lipinski definition) is 0. The van der Waals surface area contributed by atoms with Crippen molar-refractivity contribution in [1.29, 1.82) is 5.26 Å². The van der Waals surface area contributed by atoms with E-state index in [-0.39, 0.29) is 5.78 Å². The van der Waals surface area contributed by atoms with Gasteiger partial charge in [-0.1, -0.05) is 0 Å². The Bertz CT molecular complexity index is 215. The zero-order valence-corrected chi connectivity index (χ0v) is 9.33. The van der Waals surface area contributed by atoms with Crippen molar-refractivity contribution < 1.29 is 9.59 Å². The number of likely N-dealkylation sites (tertiary alicyclic amines) is 1. The lowest BCUT2D eigenvalue weighted by molar-refractivity contribution is -0.126. The minimum Gasteiger partial charge on any atom is -0.346 e. The molecule has 1 rings (SSSR count). The first-order valence-electron chi connectivity index (χ1n) is 4.47. The Kier molecular flexibility index (Phi) is 10.5. The van der Waals surface area contributed by atoms with E-state index < -0.39 is 0 Å². The summed E-state index contributed by atoms with van der Waals surface area (Å²) in [5.74, 6) is 0.458. The van der Waals surface area contributed by atoms with Crippen molar-refractivity contribution in [2.45, 2.75) is 33.6 Å². The Hall–Kier alpha value is -1.37. The second kappa shape index (κ2) is 9.72. The Morgan fingerprint density at radius 2 is 1.86 bits per heavy atom. The van der Waals surface area contributed by atoms with E-state index >= 15 is 0 Å². The molecule has 0 bridgehead atoms. The maximum atomic E-state index is 10.5. The van der Waals surface area contributed by atoms with Crippen LogP contribution in [0.15, 0.2) is 0 Å². The van der Waals surface area contributed by atoms with Crippen LogP contribution in [0.2, 0.25) is 0 Å². The van der Waals surface area contributed by atoms with Crippen molar-refractivity contribution in [2.24, 2.45) is 0 Å². The van der Waals surface area contributed by atoms with Crippen LogP contribution >= 0.6 is 0 Å². The van der Waals surface area contributed by atoms with Crippen LogP contribution in [-0.2, 0) is 9.59 Å². The van der Waals surface area contributed by atoms with Gasteiger partial charge in [-0.05, 0) is 20.3 Å². The number of carbonyl (C=O) groups is 2. The number of ketones is 1. The molecule has 0 aliphatic carbocycles. The predicted octanol–water partition coefficient (Wildman–Crippen LogP) is 1.36. The fourth-order valence-electron chi connectivity index (χ4n) is 0.783. The van der Waals surface area contributed by atoms with E-state index in [0.717, 1.165) is 19.4 Å². The van der Waals surface area contributed by atoms with Crippen LogP contribution in [-0.4, -0.2) is 30.2 Å². The molecule has 14 heavy (non-hydrogen) atoms. The van der Waals surface area contributed by atoms with Crippen LogP contribution in [0.1, 0.15) is 33.6 Å². The number of rotatable bonds is 0. The standard InChI is InChI=1S/C5H9NO.C3H6O.C2H3N/c1-6-4-2-3-5(6)7;1-3(2)4;1-2-3/h2-4H2,1H3;1-2H3;1H3. The maximum absolute atomic E-state index is 10.5. The molecule has 0 aromatic carbocycles. The molecule has 1 heterocycles.